The van der Waals surface area contributed by atoms with Crippen LogP contribution in [0.5, 0.6) is 0 Å². The lowest BCUT2D eigenvalue weighted by Gasteiger charge is -2.29. The molecule has 0 radical (unpaired) electrons. The molecule has 30 heavy (non-hydrogen) atoms. The van der Waals surface area contributed by atoms with Crippen molar-refractivity contribution in [2.24, 2.45) is 0 Å². The van der Waals surface area contributed by atoms with Crippen LogP contribution in [0.4, 0.5) is 22.7 Å². The molecule has 0 bridgehead atoms. The fourth-order valence-corrected chi connectivity index (χ4v) is 5.47. The van der Waals surface area contributed by atoms with Crippen LogP contribution in [0.2, 0.25) is 0 Å². The maximum atomic E-state index is 3.72. The minimum atomic E-state index is -2.38. The minimum absolute atomic E-state index is 0. The van der Waals surface area contributed by atoms with Crippen molar-refractivity contribution in [2.75, 3.05) is 20.3 Å². The predicted molar refractivity (Wildman–Crippen MR) is 127 cm³/mol. The molecule has 0 saturated heterocycles. The van der Waals surface area contributed by atoms with Crippen LogP contribution in [-0.4, -0.2) is 0 Å². The standard InChI is InChI=1S/C24H24N4P.ClH/c1-5-13-21(14-6-1)25-29(26-22-15-7-2-8-16-22,27-23-17-9-3-10-18-23)28-24-19-11-4-12-20-24;/h1-20,25-28H;1H/q+1;/p-1. The molecule has 4 aromatic rings. The molecule has 4 N–H and O–H groups in total. The van der Waals surface area contributed by atoms with E-state index >= 15 is 0 Å². The molecule has 4 aromatic carbocycles. The first-order valence-corrected chi connectivity index (χ1v) is 11.3. The second kappa shape index (κ2) is 10.5. The molecule has 0 amide bonds. The SMILES string of the molecule is [Cl-].c1ccc(N[P+](Nc2ccccc2)(Nc2ccccc2)Nc2ccccc2)cc1. The number of para-hydroxylation sites is 4. The third-order valence-corrected chi connectivity index (χ3v) is 6.66. The van der Waals surface area contributed by atoms with Gasteiger partial charge in [0, 0.05) is 0 Å². The van der Waals surface area contributed by atoms with Gasteiger partial charge >= 0.3 is 7.87 Å². The van der Waals surface area contributed by atoms with E-state index in [1.54, 1.807) is 0 Å². The summed E-state index contributed by atoms with van der Waals surface area (Å²) in [4.78, 5) is 0. The number of halogens is 1. The van der Waals surface area contributed by atoms with Gasteiger partial charge < -0.3 is 12.4 Å². The molecule has 152 valence electrons. The van der Waals surface area contributed by atoms with Gasteiger partial charge in [0.1, 0.15) is 0 Å². The Morgan fingerprint density at radius 1 is 0.333 bits per heavy atom. The number of anilines is 4. The first-order valence-electron chi connectivity index (χ1n) is 9.54. The molecular formula is C24H24ClN4P. The molecule has 0 aliphatic heterocycles. The third-order valence-electron chi connectivity index (χ3n) is 4.28. The Labute approximate surface area is 184 Å². The molecule has 0 saturated carbocycles. The lowest BCUT2D eigenvalue weighted by atomic mass is 10.3. The number of nitrogens with one attached hydrogen (secondary N) is 4. The van der Waals surface area contributed by atoms with Crippen LogP contribution in [0.1, 0.15) is 0 Å². The van der Waals surface area contributed by atoms with Crippen LogP contribution < -0.4 is 32.8 Å². The van der Waals surface area contributed by atoms with Crippen LogP contribution >= 0.6 is 7.87 Å². The summed E-state index contributed by atoms with van der Waals surface area (Å²) in [5.74, 6) is 0. The van der Waals surface area contributed by atoms with Gasteiger partial charge in [0.2, 0.25) is 0 Å². The van der Waals surface area contributed by atoms with E-state index in [9.17, 15) is 0 Å². The van der Waals surface area contributed by atoms with Crippen molar-refractivity contribution in [3.63, 3.8) is 0 Å². The summed E-state index contributed by atoms with van der Waals surface area (Å²) >= 11 is 0. The summed E-state index contributed by atoms with van der Waals surface area (Å²) in [7, 11) is -2.38. The molecule has 0 aliphatic carbocycles. The molecule has 0 aliphatic rings. The van der Waals surface area contributed by atoms with Gasteiger partial charge in [0.25, 0.3) is 0 Å². The zero-order valence-electron chi connectivity index (χ0n) is 16.4. The lowest BCUT2D eigenvalue weighted by Crippen LogP contribution is -3.00. The van der Waals surface area contributed by atoms with Crippen molar-refractivity contribution in [2.45, 2.75) is 0 Å². The quantitative estimate of drug-likeness (QED) is 0.315. The van der Waals surface area contributed by atoms with Gasteiger partial charge in [0.15, 0.2) is 0 Å². The highest BCUT2D eigenvalue weighted by atomic mass is 35.5. The van der Waals surface area contributed by atoms with Gasteiger partial charge in [-0.3, -0.25) is 0 Å². The summed E-state index contributed by atoms with van der Waals surface area (Å²) in [6.45, 7) is 0. The number of rotatable bonds is 8. The van der Waals surface area contributed by atoms with Crippen LogP contribution in [0, 0.1) is 0 Å². The predicted octanol–water partition coefficient (Wildman–Crippen LogP) is 4.12. The van der Waals surface area contributed by atoms with Crippen molar-refractivity contribution in [1.29, 1.82) is 0 Å². The molecule has 0 unspecified atom stereocenters. The molecule has 0 fully saturated rings. The van der Waals surface area contributed by atoms with Gasteiger partial charge in [-0.05, 0) is 48.5 Å². The van der Waals surface area contributed by atoms with Crippen LogP contribution in [-0.2, 0) is 0 Å². The summed E-state index contributed by atoms with van der Waals surface area (Å²) in [5.41, 5.74) is 4.10. The van der Waals surface area contributed by atoms with Crippen LogP contribution in [0.3, 0.4) is 0 Å². The second-order valence-electron chi connectivity index (χ2n) is 6.58. The van der Waals surface area contributed by atoms with E-state index in [4.69, 9.17) is 0 Å². The maximum absolute atomic E-state index is 3.72. The van der Waals surface area contributed by atoms with Gasteiger partial charge in [-0.1, -0.05) is 72.8 Å². The van der Waals surface area contributed by atoms with Gasteiger partial charge in [-0.25, -0.2) is 20.3 Å². The first-order chi connectivity index (χ1) is 14.3. The van der Waals surface area contributed by atoms with Crippen molar-refractivity contribution in [3.8, 4) is 0 Å². The number of hydrogen-bond acceptors (Lipinski definition) is 4. The van der Waals surface area contributed by atoms with Crippen molar-refractivity contribution in [3.05, 3.63) is 121 Å². The molecule has 6 heteroatoms. The highest BCUT2D eigenvalue weighted by Gasteiger charge is 2.40. The van der Waals surface area contributed by atoms with Gasteiger partial charge in [-0.2, -0.15) is 0 Å². The van der Waals surface area contributed by atoms with E-state index in [1.165, 1.54) is 0 Å². The summed E-state index contributed by atoms with van der Waals surface area (Å²) in [6, 6.07) is 40.9. The van der Waals surface area contributed by atoms with E-state index in [1.807, 2.05) is 72.8 Å². The highest BCUT2D eigenvalue weighted by Crippen LogP contribution is 2.56. The van der Waals surface area contributed by atoms with Crippen molar-refractivity contribution >= 4 is 30.6 Å². The molecule has 4 rings (SSSR count). The first kappa shape index (κ1) is 21.5. The number of benzene rings is 4. The fraction of sp³-hybridized carbons (Fsp3) is 0. The topological polar surface area (TPSA) is 48.1 Å². The Morgan fingerprint density at radius 3 is 0.733 bits per heavy atom. The van der Waals surface area contributed by atoms with Gasteiger partial charge in [0.05, 0.1) is 22.7 Å². The third kappa shape index (κ3) is 5.90. The Kier molecular flexibility index (Phi) is 7.56. The second-order valence-corrected chi connectivity index (χ2v) is 8.82. The minimum Gasteiger partial charge on any atom is -1.00 e. The van der Waals surface area contributed by atoms with Crippen molar-refractivity contribution < 1.29 is 12.4 Å². The van der Waals surface area contributed by atoms with E-state index in [2.05, 4.69) is 68.9 Å². The average molecular weight is 435 g/mol. The summed E-state index contributed by atoms with van der Waals surface area (Å²) < 4.78 is 0. The van der Waals surface area contributed by atoms with E-state index in [-0.39, 0.29) is 12.4 Å². The summed E-state index contributed by atoms with van der Waals surface area (Å²) in [6.07, 6.45) is 0. The smallest absolute Gasteiger partial charge is 0.395 e. The monoisotopic (exact) mass is 434 g/mol. The fourth-order valence-electron chi connectivity index (χ4n) is 2.99. The van der Waals surface area contributed by atoms with Crippen molar-refractivity contribution in [1.82, 2.24) is 0 Å². The molecule has 0 atom stereocenters. The largest absolute Gasteiger partial charge is 1.00 e. The van der Waals surface area contributed by atoms with E-state index in [0.29, 0.717) is 0 Å². The lowest BCUT2D eigenvalue weighted by molar-refractivity contribution is -0.00000574. The molecular weight excluding hydrogens is 411 g/mol. The number of hydrogen-bond donors (Lipinski definition) is 4. The molecule has 4 nitrogen and oxygen atoms in total. The van der Waals surface area contributed by atoms with E-state index < -0.39 is 7.87 Å². The normalized spacial score (nSPS) is 10.4. The Bertz CT molecular complexity index is 831. The zero-order valence-corrected chi connectivity index (χ0v) is 18.0. The van der Waals surface area contributed by atoms with E-state index in [0.717, 1.165) is 22.7 Å². The van der Waals surface area contributed by atoms with Gasteiger partial charge in [-0.15, -0.1) is 0 Å². The molecule has 0 aromatic heterocycles. The Balaban J connectivity index is 0.00000256. The Hall–Kier alpha value is -3.20. The maximum Gasteiger partial charge on any atom is 0.395 e. The Morgan fingerprint density at radius 2 is 0.533 bits per heavy atom. The van der Waals surface area contributed by atoms with Crippen LogP contribution in [0.15, 0.2) is 121 Å². The highest BCUT2D eigenvalue weighted by molar-refractivity contribution is 7.81. The molecule has 0 spiro atoms. The average Bonchev–Trinajstić information content (AvgIpc) is 2.76. The van der Waals surface area contributed by atoms with Crippen LogP contribution in [0.25, 0.3) is 0 Å². The molecule has 0 heterocycles. The summed E-state index contributed by atoms with van der Waals surface area (Å²) in [5, 5.41) is 14.9. The zero-order chi connectivity index (χ0) is 19.8.